The Hall–Kier alpha value is -0.610. The Morgan fingerprint density at radius 1 is 1.18 bits per heavy atom. The highest BCUT2D eigenvalue weighted by atomic mass is 16.3. The van der Waals surface area contributed by atoms with Crippen LogP contribution in [-0.2, 0) is 4.79 Å². The monoisotopic (exact) mass is 240 g/mol. The lowest BCUT2D eigenvalue weighted by molar-refractivity contribution is -0.127. The number of aliphatic hydroxyl groups is 1. The van der Waals surface area contributed by atoms with Gasteiger partial charge in [0, 0.05) is 24.5 Å². The average molecular weight is 240 g/mol. The van der Waals surface area contributed by atoms with Gasteiger partial charge in [0.05, 0.1) is 0 Å². The molecule has 1 amide bonds. The summed E-state index contributed by atoms with van der Waals surface area (Å²) in [5.41, 5.74) is 0. The van der Waals surface area contributed by atoms with Crippen molar-refractivity contribution in [1.29, 1.82) is 0 Å². The summed E-state index contributed by atoms with van der Waals surface area (Å²) >= 11 is 0. The maximum absolute atomic E-state index is 12.1. The largest absolute Gasteiger partial charge is 0.396 e. The molecule has 98 valence electrons. The number of nitrogens with one attached hydrogen (secondary N) is 2. The maximum atomic E-state index is 12.1. The molecule has 4 nitrogen and oxygen atoms in total. The zero-order valence-electron chi connectivity index (χ0n) is 10.5. The summed E-state index contributed by atoms with van der Waals surface area (Å²) in [6.07, 6.45) is 6.33. The zero-order valence-corrected chi connectivity index (χ0v) is 10.5. The molecule has 1 saturated heterocycles. The van der Waals surface area contributed by atoms with Crippen molar-refractivity contribution in [2.45, 2.75) is 44.6 Å². The molecule has 4 heteroatoms. The Bertz CT molecular complexity index is 252. The van der Waals surface area contributed by atoms with Crippen LogP contribution in [0.25, 0.3) is 0 Å². The number of hydrogen-bond donors (Lipinski definition) is 3. The molecule has 1 aliphatic carbocycles. The van der Waals surface area contributed by atoms with E-state index in [1.165, 1.54) is 12.8 Å². The zero-order chi connectivity index (χ0) is 12.1. The molecule has 0 aromatic rings. The fourth-order valence-corrected chi connectivity index (χ4v) is 3.00. The molecule has 1 saturated carbocycles. The van der Waals surface area contributed by atoms with Gasteiger partial charge in [-0.05, 0) is 38.8 Å². The number of hydrogen-bond acceptors (Lipinski definition) is 3. The summed E-state index contributed by atoms with van der Waals surface area (Å²) in [7, 11) is 0. The van der Waals surface area contributed by atoms with Crippen LogP contribution in [0.5, 0.6) is 0 Å². The molecule has 17 heavy (non-hydrogen) atoms. The van der Waals surface area contributed by atoms with Crippen LogP contribution in [0.2, 0.25) is 0 Å². The minimum absolute atomic E-state index is 0.178. The number of aliphatic hydroxyl groups excluding tert-OH is 1. The number of carbonyl (C=O) groups is 1. The van der Waals surface area contributed by atoms with Crippen molar-refractivity contribution in [2.75, 3.05) is 19.7 Å². The number of rotatable bonds is 3. The predicted octanol–water partition coefficient (Wildman–Crippen LogP) is 0.653. The van der Waals surface area contributed by atoms with E-state index in [4.69, 9.17) is 0 Å². The van der Waals surface area contributed by atoms with Crippen molar-refractivity contribution in [3.8, 4) is 0 Å². The van der Waals surface area contributed by atoms with Gasteiger partial charge in [0.15, 0.2) is 0 Å². The Morgan fingerprint density at radius 3 is 2.59 bits per heavy atom. The summed E-state index contributed by atoms with van der Waals surface area (Å²) in [6, 6.07) is 0.205. The second-order valence-electron chi connectivity index (χ2n) is 5.37. The topological polar surface area (TPSA) is 61.4 Å². The molecular formula is C13H24N2O2. The molecule has 2 fully saturated rings. The molecule has 1 heterocycles. The standard InChI is InChI=1S/C13H24N2O2/c16-9-11-3-1-2-4-12(11)15-13(17)10-5-7-14-8-6-10/h10-12,14,16H,1-9H2,(H,15,17). The lowest BCUT2D eigenvalue weighted by Crippen LogP contribution is -2.47. The Balaban J connectivity index is 1.83. The van der Waals surface area contributed by atoms with E-state index in [0.29, 0.717) is 0 Å². The quantitative estimate of drug-likeness (QED) is 0.679. The molecule has 2 unspecified atom stereocenters. The van der Waals surface area contributed by atoms with Gasteiger partial charge in [-0.25, -0.2) is 0 Å². The lowest BCUT2D eigenvalue weighted by atomic mass is 9.84. The fraction of sp³-hybridized carbons (Fsp3) is 0.923. The van der Waals surface area contributed by atoms with Crippen molar-refractivity contribution in [3.05, 3.63) is 0 Å². The minimum atomic E-state index is 0.178. The van der Waals surface area contributed by atoms with Crippen LogP contribution >= 0.6 is 0 Å². The summed E-state index contributed by atoms with van der Waals surface area (Å²) in [4.78, 5) is 12.1. The Labute approximate surface area is 103 Å². The highest BCUT2D eigenvalue weighted by Gasteiger charge is 2.28. The number of carbonyl (C=O) groups excluding carboxylic acids is 1. The molecule has 0 spiro atoms. The van der Waals surface area contributed by atoms with Crippen LogP contribution in [0.1, 0.15) is 38.5 Å². The first-order chi connectivity index (χ1) is 8.31. The van der Waals surface area contributed by atoms with E-state index < -0.39 is 0 Å². The van der Waals surface area contributed by atoms with Crippen molar-refractivity contribution in [1.82, 2.24) is 10.6 Å². The lowest BCUT2D eigenvalue weighted by Gasteiger charge is -2.32. The molecule has 3 N–H and O–H groups in total. The van der Waals surface area contributed by atoms with Gasteiger partial charge in [-0.15, -0.1) is 0 Å². The molecular weight excluding hydrogens is 216 g/mol. The Morgan fingerprint density at radius 2 is 1.88 bits per heavy atom. The molecule has 1 aliphatic heterocycles. The van der Waals surface area contributed by atoms with Gasteiger partial charge < -0.3 is 15.7 Å². The highest BCUT2D eigenvalue weighted by molar-refractivity contribution is 5.79. The van der Waals surface area contributed by atoms with Crippen LogP contribution in [0.3, 0.4) is 0 Å². The van der Waals surface area contributed by atoms with Gasteiger partial charge in [0.2, 0.25) is 5.91 Å². The van der Waals surface area contributed by atoms with E-state index >= 15 is 0 Å². The van der Waals surface area contributed by atoms with Gasteiger partial charge in [-0.1, -0.05) is 12.8 Å². The smallest absolute Gasteiger partial charge is 0.223 e. The summed E-state index contributed by atoms with van der Waals surface area (Å²) < 4.78 is 0. The first kappa shape index (κ1) is 12.8. The van der Waals surface area contributed by atoms with E-state index in [1.807, 2.05) is 0 Å². The predicted molar refractivity (Wildman–Crippen MR) is 66.6 cm³/mol. The number of piperidine rings is 1. The normalized spacial score (nSPS) is 31.1. The van der Waals surface area contributed by atoms with Gasteiger partial charge in [-0.3, -0.25) is 4.79 Å². The first-order valence-corrected chi connectivity index (χ1v) is 6.93. The summed E-state index contributed by atoms with van der Waals surface area (Å²) in [6.45, 7) is 2.11. The van der Waals surface area contributed by atoms with Crippen molar-refractivity contribution >= 4 is 5.91 Å². The average Bonchev–Trinajstić information content (AvgIpc) is 2.40. The second kappa shape index (κ2) is 6.36. The van der Waals surface area contributed by atoms with Crippen molar-refractivity contribution in [2.24, 2.45) is 11.8 Å². The van der Waals surface area contributed by atoms with E-state index in [2.05, 4.69) is 10.6 Å². The second-order valence-corrected chi connectivity index (χ2v) is 5.37. The Kier molecular flexibility index (Phi) is 4.80. The van der Waals surface area contributed by atoms with E-state index in [0.717, 1.165) is 38.8 Å². The van der Waals surface area contributed by atoms with Crippen LogP contribution in [-0.4, -0.2) is 36.8 Å². The molecule has 2 atom stereocenters. The molecule has 2 rings (SSSR count). The maximum Gasteiger partial charge on any atom is 0.223 e. The first-order valence-electron chi connectivity index (χ1n) is 6.93. The third-order valence-electron chi connectivity index (χ3n) is 4.18. The molecule has 0 aromatic carbocycles. The third kappa shape index (κ3) is 3.42. The van der Waals surface area contributed by atoms with Crippen LogP contribution in [0.15, 0.2) is 0 Å². The van der Waals surface area contributed by atoms with Crippen molar-refractivity contribution < 1.29 is 9.90 Å². The molecule has 0 bridgehead atoms. The van der Waals surface area contributed by atoms with Crippen molar-refractivity contribution in [3.63, 3.8) is 0 Å². The molecule has 2 aliphatic rings. The number of amides is 1. The fourth-order valence-electron chi connectivity index (χ4n) is 3.00. The molecule has 0 aromatic heterocycles. The van der Waals surface area contributed by atoms with Gasteiger partial charge in [0.25, 0.3) is 0 Å². The minimum Gasteiger partial charge on any atom is -0.396 e. The van der Waals surface area contributed by atoms with Crippen LogP contribution in [0.4, 0.5) is 0 Å². The summed E-state index contributed by atoms with van der Waals surface area (Å²) in [5.74, 6) is 0.656. The summed E-state index contributed by atoms with van der Waals surface area (Å²) in [5, 5.41) is 15.8. The molecule has 0 radical (unpaired) electrons. The van der Waals surface area contributed by atoms with Crippen LogP contribution < -0.4 is 10.6 Å². The van der Waals surface area contributed by atoms with Crippen LogP contribution in [0, 0.1) is 11.8 Å². The van der Waals surface area contributed by atoms with E-state index in [9.17, 15) is 9.90 Å². The van der Waals surface area contributed by atoms with Gasteiger partial charge in [0.1, 0.15) is 0 Å². The van der Waals surface area contributed by atoms with E-state index in [-0.39, 0.29) is 30.4 Å². The highest BCUT2D eigenvalue weighted by Crippen LogP contribution is 2.24. The van der Waals surface area contributed by atoms with E-state index in [1.54, 1.807) is 0 Å². The SMILES string of the molecule is O=C(NC1CCCCC1CO)C1CCNCC1. The third-order valence-corrected chi connectivity index (χ3v) is 4.18. The van der Waals surface area contributed by atoms with Gasteiger partial charge >= 0.3 is 0 Å². The van der Waals surface area contributed by atoms with Gasteiger partial charge in [-0.2, -0.15) is 0 Å².